The molecule has 0 amide bonds. The molecule has 0 radical (unpaired) electrons. The molecule has 1 aromatic carbocycles. The number of nitrogens with one attached hydrogen (secondary N) is 1. The van der Waals surface area contributed by atoms with Crippen molar-refractivity contribution in [3.63, 3.8) is 0 Å². The molecule has 1 aliphatic rings. The predicted molar refractivity (Wildman–Crippen MR) is 103 cm³/mol. The molecule has 4 aromatic rings. The number of fused-ring (bicyclic) bond motifs is 1. The Kier molecular flexibility index (Phi) is 4.01. The molecule has 0 unspecified atom stereocenters. The first-order valence-corrected chi connectivity index (χ1v) is 9.22. The number of alkyl halides is 3. The van der Waals surface area contributed by atoms with E-state index < -0.39 is 11.7 Å². The first kappa shape index (κ1) is 17.7. The van der Waals surface area contributed by atoms with Gasteiger partial charge in [0.1, 0.15) is 17.2 Å². The maximum Gasteiger partial charge on any atom is 0.416 e. The second-order valence-electron chi connectivity index (χ2n) is 7.07. The SMILES string of the molecule is FC(F)(F)c1ccc(Nc2cncc(-c3cccc4nc(C5CC5)cn34)n2)cc1. The van der Waals surface area contributed by atoms with Gasteiger partial charge in [0.2, 0.25) is 0 Å². The fraction of sp³-hybridized carbons (Fsp3) is 0.190. The van der Waals surface area contributed by atoms with Crippen molar-refractivity contribution in [2.45, 2.75) is 24.9 Å². The summed E-state index contributed by atoms with van der Waals surface area (Å²) in [6.45, 7) is 0. The predicted octanol–water partition coefficient (Wildman–Crippen LogP) is 5.43. The summed E-state index contributed by atoms with van der Waals surface area (Å²) in [5, 5.41) is 3.01. The topological polar surface area (TPSA) is 55.1 Å². The van der Waals surface area contributed by atoms with Crippen LogP contribution < -0.4 is 5.32 Å². The smallest absolute Gasteiger partial charge is 0.339 e. The number of hydrogen-bond acceptors (Lipinski definition) is 4. The molecule has 1 aliphatic carbocycles. The van der Waals surface area contributed by atoms with E-state index in [1.807, 2.05) is 28.8 Å². The van der Waals surface area contributed by atoms with Gasteiger partial charge in [-0.25, -0.2) is 9.97 Å². The molecule has 0 aliphatic heterocycles. The third kappa shape index (κ3) is 3.53. The van der Waals surface area contributed by atoms with Gasteiger partial charge in [-0.3, -0.25) is 9.38 Å². The molecule has 0 atom stereocenters. The molecular weight excluding hydrogens is 379 g/mol. The van der Waals surface area contributed by atoms with Crippen molar-refractivity contribution < 1.29 is 13.2 Å². The quantitative estimate of drug-likeness (QED) is 0.501. The number of pyridine rings is 1. The van der Waals surface area contributed by atoms with Gasteiger partial charge in [0.15, 0.2) is 0 Å². The Bertz CT molecular complexity index is 1180. The van der Waals surface area contributed by atoms with Gasteiger partial charge in [-0.05, 0) is 49.2 Å². The Hall–Kier alpha value is -3.42. The molecule has 0 bridgehead atoms. The van der Waals surface area contributed by atoms with Gasteiger partial charge in [0.05, 0.1) is 29.3 Å². The molecule has 3 heterocycles. The Balaban J connectivity index is 1.45. The van der Waals surface area contributed by atoms with E-state index in [1.54, 1.807) is 6.20 Å². The van der Waals surface area contributed by atoms with Crippen LogP contribution >= 0.6 is 0 Å². The minimum absolute atomic E-state index is 0.446. The van der Waals surface area contributed by atoms with E-state index in [4.69, 9.17) is 0 Å². The van der Waals surface area contributed by atoms with Gasteiger partial charge in [0.25, 0.3) is 0 Å². The lowest BCUT2D eigenvalue weighted by Gasteiger charge is -2.10. The summed E-state index contributed by atoms with van der Waals surface area (Å²) in [6.07, 6.45) is 3.21. The van der Waals surface area contributed by atoms with E-state index in [0.29, 0.717) is 23.1 Å². The second kappa shape index (κ2) is 6.58. The van der Waals surface area contributed by atoms with Crippen molar-refractivity contribution in [1.82, 2.24) is 19.4 Å². The minimum Gasteiger partial charge on any atom is -0.339 e. The molecule has 0 saturated heterocycles. The van der Waals surface area contributed by atoms with Crippen molar-refractivity contribution in [2.24, 2.45) is 0 Å². The van der Waals surface area contributed by atoms with Gasteiger partial charge >= 0.3 is 6.18 Å². The zero-order valence-corrected chi connectivity index (χ0v) is 15.2. The first-order valence-electron chi connectivity index (χ1n) is 9.22. The highest BCUT2D eigenvalue weighted by molar-refractivity contribution is 5.63. The number of benzene rings is 1. The van der Waals surface area contributed by atoms with E-state index in [2.05, 4.69) is 20.3 Å². The molecule has 5 nitrogen and oxygen atoms in total. The fourth-order valence-electron chi connectivity index (χ4n) is 3.25. The van der Waals surface area contributed by atoms with Gasteiger partial charge in [-0.2, -0.15) is 13.2 Å². The van der Waals surface area contributed by atoms with Crippen LogP contribution in [0.25, 0.3) is 17.0 Å². The zero-order chi connectivity index (χ0) is 20.0. The maximum atomic E-state index is 12.7. The number of hydrogen-bond donors (Lipinski definition) is 1. The average molecular weight is 395 g/mol. The summed E-state index contributed by atoms with van der Waals surface area (Å²) in [5.74, 6) is 0.989. The van der Waals surface area contributed by atoms with Crippen molar-refractivity contribution in [3.05, 3.63) is 72.3 Å². The van der Waals surface area contributed by atoms with Crippen molar-refractivity contribution in [3.8, 4) is 11.4 Å². The van der Waals surface area contributed by atoms with E-state index in [0.717, 1.165) is 29.2 Å². The Morgan fingerprint density at radius 2 is 1.76 bits per heavy atom. The summed E-state index contributed by atoms with van der Waals surface area (Å²) in [6, 6.07) is 10.6. The molecule has 3 aromatic heterocycles. The molecule has 0 spiro atoms. The normalized spacial score (nSPS) is 14.3. The van der Waals surface area contributed by atoms with Crippen LogP contribution in [-0.2, 0) is 6.18 Å². The van der Waals surface area contributed by atoms with Gasteiger partial charge in [0, 0.05) is 17.8 Å². The van der Waals surface area contributed by atoms with Crippen LogP contribution in [0.15, 0.2) is 61.1 Å². The van der Waals surface area contributed by atoms with Gasteiger partial charge in [-0.15, -0.1) is 0 Å². The molecule has 1 N–H and O–H groups in total. The lowest BCUT2D eigenvalue weighted by atomic mass is 10.2. The summed E-state index contributed by atoms with van der Waals surface area (Å²) >= 11 is 0. The highest BCUT2D eigenvalue weighted by atomic mass is 19.4. The van der Waals surface area contributed by atoms with E-state index in [-0.39, 0.29) is 0 Å². The van der Waals surface area contributed by atoms with Crippen LogP contribution in [0.1, 0.15) is 30.0 Å². The number of anilines is 2. The largest absolute Gasteiger partial charge is 0.416 e. The van der Waals surface area contributed by atoms with Crippen LogP contribution in [-0.4, -0.2) is 19.4 Å². The van der Waals surface area contributed by atoms with E-state index >= 15 is 0 Å². The summed E-state index contributed by atoms with van der Waals surface area (Å²) in [5.41, 5.74) is 3.25. The third-order valence-corrected chi connectivity index (χ3v) is 4.89. The van der Waals surface area contributed by atoms with Crippen LogP contribution in [0.5, 0.6) is 0 Å². The summed E-state index contributed by atoms with van der Waals surface area (Å²) in [4.78, 5) is 13.5. The number of rotatable bonds is 4. The standard InChI is InChI=1S/C21H16F3N5/c22-21(23,24)14-6-8-15(9-7-14)26-19-11-25-10-16(27-19)18-2-1-3-20-28-17(12-29(18)20)13-4-5-13/h1-3,6-13H,4-5H2,(H,26,27). The summed E-state index contributed by atoms with van der Waals surface area (Å²) in [7, 11) is 0. The lowest BCUT2D eigenvalue weighted by molar-refractivity contribution is -0.137. The van der Waals surface area contributed by atoms with Crippen LogP contribution in [0.2, 0.25) is 0 Å². The molecule has 5 rings (SSSR count). The maximum absolute atomic E-state index is 12.7. The minimum atomic E-state index is -4.36. The second-order valence-corrected chi connectivity index (χ2v) is 7.07. The number of nitrogens with zero attached hydrogens (tertiary/aromatic N) is 4. The molecular formula is C21H16F3N5. The van der Waals surface area contributed by atoms with Crippen molar-refractivity contribution in [2.75, 3.05) is 5.32 Å². The fourth-order valence-corrected chi connectivity index (χ4v) is 3.25. The Morgan fingerprint density at radius 1 is 0.966 bits per heavy atom. The zero-order valence-electron chi connectivity index (χ0n) is 15.2. The van der Waals surface area contributed by atoms with E-state index in [1.165, 1.54) is 31.2 Å². The molecule has 29 heavy (non-hydrogen) atoms. The van der Waals surface area contributed by atoms with Crippen LogP contribution in [0.4, 0.5) is 24.7 Å². The van der Waals surface area contributed by atoms with Gasteiger partial charge < -0.3 is 5.32 Å². The van der Waals surface area contributed by atoms with Crippen LogP contribution in [0, 0.1) is 0 Å². The average Bonchev–Trinajstić information content (AvgIpc) is 3.46. The first-order chi connectivity index (χ1) is 14.0. The number of imidazole rings is 1. The Labute approximate surface area is 164 Å². The third-order valence-electron chi connectivity index (χ3n) is 4.89. The number of halogens is 3. The lowest BCUT2D eigenvalue weighted by Crippen LogP contribution is -2.04. The van der Waals surface area contributed by atoms with Gasteiger partial charge in [-0.1, -0.05) is 6.07 Å². The van der Waals surface area contributed by atoms with Crippen molar-refractivity contribution in [1.29, 1.82) is 0 Å². The molecule has 1 saturated carbocycles. The number of aromatic nitrogens is 4. The highest BCUT2D eigenvalue weighted by Gasteiger charge is 2.30. The van der Waals surface area contributed by atoms with E-state index in [9.17, 15) is 13.2 Å². The monoisotopic (exact) mass is 395 g/mol. The summed E-state index contributed by atoms with van der Waals surface area (Å²) < 4.78 is 40.2. The molecule has 8 heteroatoms. The highest BCUT2D eigenvalue weighted by Crippen LogP contribution is 2.39. The molecule has 1 fully saturated rings. The molecule has 146 valence electrons. The Morgan fingerprint density at radius 3 is 2.48 bits per heavy atom. The van der Waals surface area contributed by atoms with Crippen molar-refractivity contribution >= 4 is 17.2 Å². The van der Waals surface area contributed by atoms with Crippen LogP contribution in [0.3, 0.4) is 0 Å².